The van der Waals surface area contributed by atoms with Crippen LogP contribution in [0, 0.1) is 23.7 Å². The van der Waals surface area contributed by atoms with Crippen molar-refractivity contribution in [1.29, 1.82) is 0 Å². The molecule has 17 nitrogen and oxygen atoms in total. The number of hydrogen-bond acceptors (Lipinski definition) is 14. The number of carbonyl (C=O) groups is 4. The molecule has 2 aliphatic heterocycles. The maximum atomic E-state index is 13.1. The van der Waals surface area contributed by atoms with Gasteiger partial charge in [-0.1, -0.05) is 167 Å². The predicted octanol–water partition coefficient (Wildman–Crippen LogP) is 18.9. The summed E-state index contributed by atoms with van der Waals surface area (Å²) in [7, 11) is 0. The van der Waals surface area contributed by atoms with Gasteiger partial charge in [0.05, 0.1) is 65.7 Å². The van der Waals surface area contributed by atoms with E-state index in [1.807, 2.05) is 109 Å². The Morgan fingerprint density at radius 3 is 0.850 bits per heavy atom. The summed E-state index contributed by atoms with van der Waals surface area (Å²) in [4.78, 5) is 52.3. The van der Waals surface area contributed by atoms with Crippen molar-refractivity contribution in [2.75, 3.05) is 37.1 Å². The van der Waals surface area contributed by atoms with E-state index in [9.17, 15) is 19.2 Å². The molecule has 100 heavy (non-hydrogen) atoms. The number of nitrogens with two attached hydrogens (primary N) is 1. The highest BCUT2D eigenvalue weighted by Gasteiger charge is 2.36. The maximum absolute atomic E-state index is 13.1. The molecule has 2 amide bonds. The summed E-state index contributed by atoms with van der Waals surface area (Å²) in [5, 5.41) is 19.8. The number of esters is 2. The molecule has 10 aromatic carbocycles. The number of nitrogen functional groups attached to an aromatic ring is 1. The minimum absolute atomic E-state index is 0. The van der Waals surface area contributed by atoms with Gasteiger partial charge in [0.1, 0.15) is 45.1 Å². The fraction of sp³-hybridized carbons (Fsp3) is 0.220. The SMILES string of the molecule is C.C.CC(C)COc1ccc(-c2ccc(-c3ccc(OCC(C)C)cc3)c3nn(-c4ccc(N)cc4)nc23)cc1.CC(C)COc1ccc(-c2ccc(-c3ccc(OCC(C)C)cc3)c3nn(-c4ccc(N5C(=O)c6ccccc6C5=O)cc4)nc23)cc1.I.O=C1OC(=O)c2ccccc21. The normalized spacial score (nSPS) is 12.1. The number of amides is 2. The van der Waals surface area contributed by atoms with Crippen molar-refractivity contribution in [1.82, 2.24) is 30.0 Å². The van der Waals surface area contributed by atoms with E-state index >= 15 is 0 Å². The third-order valence-corrected chi connectivity index (χ3v) is 15.9. The fourth-order valence-corrected chi connectivity index (χ4v) is 10.9. The molecule has 12 aromatic rings. The Bertz CT molecular complexity index is 4570. The number of carbonyl (C=O) groups excluding carboxylic acids is 4. The summed E-state index contributed by atoms with van der Waals surface area (Å²) in [5.41, 5.74) is 21.3. The van der Waals surface area contributed by atoms with Crippen LogP contribution in [0.3, 0.4) is 0 Å². The molecule has 512 valence electrons. The molecule has 2 N–H and O–H groups in total. The Kier molecular flexibility index (Phi) is 23.9. The van der Waals surface area contributed by atoms with Crippen LogP contribution in [0.2, 0.25) is 0 Å². The maximum Gasteiger partial charge on any atom is 0.346 e. The van der Waals surface area contributed by atoms with E-state index in [4.69, 9.17) is 45.1 Å². The molecule has 0 saturated heterocycles. The Labute approximate surface area is 600 Å². The highest BCUT2D eigenvalue weighted by molar-refractivity contribution is 14.0. The molecule has 4 heterocycles. The minimum Gasteiger partial charge on any atom is -0.493 e. The highest BCUT2D eigenvalue weighted by Crippen LogP contribution is 2.39. The van der Waals surface area contributed by atoms with Crippen LogP contribution < -0.4 is 29.6 Å². The quantitative estimate of drug-likeness (QED) is 0.0263. The van der Waals surface area contributed by atoms with Crippen molar-refractivity contribution in [3.8, 4) is 78.9 Å². The van der Waals surface area contributed by atoms with Crippen LogP contribution in [0.25, 0.3) is 77.9 Å². The lowest BCUT2D eigenvalue weighted by molar-refractivity contribution is 0.0443. The molecular weight excluding hydrogens is 1370 g/mol. The van der Waals surface area contributed by atoms with Crippen molar-refractivity contribution in [3.63, 3.8) is 0 Å². The lowest BCUT2D eigenvalue weighted by Crippen LogP contribution is -2.29. The molecule has 0 atom stereocenters. The number of halogens is 1. The van der Waals surface area contributed by atoms with Crippen LogP contribution in [-0.4, -0.2) is 80.2 Å². The molecule has 0 aliphatic carbocycles. The molecule has 2 aromatic heterocycles. The number of hydrogen-bond donors (Lipinski definition) is 1. The first-order valence-electron chi connectivity index (χ1n) is 32.5. The van der Waals surface area contributed by atoms with Crippen molar-refractivity contribution in [2.45, 2.75) is 70.2 Å². The zero-order valence-electron chi connectivity index (χ0n) is 55.7. The Morgan fingerprint density at radius 2 is 0.580 bits per heavy atom. The molecule has 0 spiro atoms. The number of ether oxygens (including phenoxy) is 5. The van der Waals surface area contributed by atoms with E-state index < -0.39 is 11.9 Å². The van der Waals surface area contributed by atoms with Crippen molar-refractivity contribution in [3.05, 3.63) is 241 Å². The Balaban J connectivity index is 0.000000200. The van der Waals surface area contributed by atoms with E-state index in [0.29, 0.717) is 89.4 Å². The largest absolute Gasteiger partial charge is 0.493 e. The van der Waals surface area contributed by atoms with E-state index in [2.05, 4.69) is 109 Å². The standard InChI is InChI=1S/C40H36N4O4.C32H34N4O2.C8H4O3.2CH4.HI/c1-25(2)23-47-31-17-9-27(10-18-31)33-21-22-34(28-11-19-32(20-12-28)48-24-26(3)4)38-37(33)41-44(42-38)30-15-13-29(14-16-30)43-39(45)35-7-5-6-8-36(35)40(43)46;1-21(2)19-37-27-13-5-23(6-14-27)29-17-18-30(24-7-15-28(16-8-24)38-20-22(3)4)32-31(29)34-36(35-32)26-11-9-25(33)10-12-26;9-7-5-3-1-2-4-6(5)8(10)11-7;;;/h5-22,25-26H,23-24H2,1-4H3;5-18,21-22H,19-20,33H2,1-4H3;1-4H;2*1H4;1H. The van der Waals surface area contributed by atoms with Gasteiger partial charge in [0, 0.05) is 27.9 Å². The fourth-order valence-electron chi connectivity index (χ4n) is 10.9. The van der Waals surface area contributed by atoms with Crippen LogP contribution in [0.4, 0.5) is 11.4 Å². The van der Waals surface area contributed by atoms with Gasteiger partial charge < -0.3 is 29.4 Å². The van der Waals surface area contributed by atoms with Crippen LogP contribution in [-0.2, 0) is 4.74 Å². The summed E-state index contributed by atoms with van der Waals surface area (Å²) < 4.78 is 27.9. The summed E-state index contributed by atoms with van der Waals surface area (Å²) in [6.07, 6.45) is 0. The minimum atomic E-state index is -0.550. The number of aromatic nitrogens is 6. The van der Waals surface area contributed by atoms with Crippen molar-refractivity contribution < 1.29 is 42.9 Å². The van der Waals surface area contributed by atoms with E-state index in [1.165, 1.54) is 4.90 Å². The Hall–Kier alpha value is -11.0. The van der Waals surface area contributed by atoms with Gasteiger partial charge in [0.25, 0.3) is 11.8 Å². The molecule has 2 aliphatic rings. The first-order chi connectivity index (χ1) is 46.9. The third kappa shape index (κ3) is 16.6. The molecule has 18 heteroatoms. The van der Waals surface area contributed by atoms with E-state index in [1.54, 1.807) is 70.3 Å². The topological polar surface area (TPSA) is 205 Å². The summed E-state index contributed by atoms with van der Waals surface area (Å²) >= 11 is 0. The zero-order chi connectivity index (χ0) is 67.9. The van der Waals surface area contributed by atoms with Gasteiger partial charge in [-0.2, -0.15) is 9.59 Å². The second kappa shape index (κ2) is 32.6. The van der Waals surface area contributed by atoms with Gasteiger partial charge in [0.2, 0.25) is 0 Å². The highest BCUT2D eigenvalue weighted by atomic mass is 127. The number of nitrogens with zero attached hydrogens (tertiary/aromatic N) is 7. The molecule has 14 rings (SSSR count). The van der Waals surface area contributed by atoms with E-state index in [0.717, 1.165) is 95.3 Å². The molecule has 0 radical (unpaired) electrons. The smallest absolute Gasteiger partial charge is 0.346 e. The van der Waals surface area contributed by atoms with Gasteiger partial charge in [-0.3, -0.25) is 9.59 Å². The molecule has 0 bridgehead atoms. The number of imide groups is 1. The Morgan fingerprint density at radius 1 is 0.330 bits per heavy atom. The van der Waals surface area contributed by atoms with Crippen LogP contribution >= 0.6 is 24.0 Å². The summed E-state index contributed by atoms with van der Waals surface area (Å²) in [6, 6.07) is 69.0. The van der Waals surface area contributed by atoms with Crippen molar-refractivity contribution >= 4 is 81.2 Å². The summed E-state index contributed by atoms with van der Waals surface area (Å²) in [6.45, 7) is 19.8. The predicted molar refractivity (Wildman–Crippen MR) is 408 cm³/mol. The van der Waals surface area contributed by atoms with E-state index in [-0.39, 0.29) is 50.6 Å². The van der Waals surface area contributed by atoms with Gasteiger partial charge in [-0.25, -0.2) is 14.5 Å². The number of fused-ring (bicyclic) bond motifs is 4. The zero-order valence-corrected chi connectivity index (χ0v) is 58.0. The molecular formula is C82H83IN8O9. The lowest BCUT2D eigenvalue weighted by atomic mass is 9.98. The second-order valence-electron chi connectivity index (χ2n) is 25.4. The molecule has 0 unspecified atom stereocenters. The molecule has 0 fully saturated rings. The van der Waals surface area contributed by atoms with Crippen LogP contribution in [0.1, 0.15) is 112 Å². The molecule has 0 saturated carbocycles. The van der Waals surface area contributed by atoms with Crippen molar-refractivity contribution in [2.24, 2.45) is 23.7 Å². The first-order valence-corrected chi connectivity index (χ1v) is 32.5. The van der Waals surface area contributed by atoms with Gasteiger partial charge in [-0.05, 0) is 167 Å². The number of rotatable bonds is 19. The summed E-state index contributed by atoms with van der Waals surface area (Å²) in [5.74, 6) is 3.42. The lowest BCUT2D eigenvalue weighted by Gasteiger charge is -2.14. The second-order valence-corrected chi connectivity index (χ2v) is 25.4. The van der Waals surface area contributed by atoms with Gasteiger partial charge >= 0.3 is 11.9 Å². The van der Waals surface area contributed by atoms with Crippen LogP contribution in [0.15, 0.2) is 218 Å². The average Bonchev–Trinajstić information content (AvgIpc) is 1.59. The van der Waals surface area contributed by atoms with Gasteiger partial charge in [0.15, 0.2) is 0 Å². The monoisotopic (exact) mass is 1450 g/mol. The first kappa shape index (κ1) is 73.3. The number of benzene rings is 10. The third-order valence-electron chi connectivity index (χ3n) is 15.9. The van der Waals surface area contributed by atoms with Gasteiger partial charge in [-0.15, -0.1) is 44.4 Å². The number of anilines is 2. The number of cyclic esters (lactones) is 2. The van der Waals surface area contributed by atoms with Crippen LogP contribution in [0.5, 0.6) is 23.0 Å². The average molecular weight is 1450 g/mol.